The van der Waals surface area contributed by atoms with Crippen molar-refractivity contribution in [2.75, 3.05) is 44.7 Å². The Morgan fingerprint density at radius 2 is 1.88 bits per heavy atom. The lowest BCUT2D eigenvalue weighted by Crippen LogP contribution is -2.45. The summed E-state index contributed by atoms with van der Waals surface area (Å²) in [6.07, 6.45) is 9.57. The van der Waals surface area contributed by atoms with E-state index >= 15 is 0 Å². The van der Waals surface area contributed by atoms with Crippen LogP contribution >= 0.6 is 0 Å². The Hall–Kier alpha value is -1.82. The van der Waals surface area contributed by atoms with Crippen molar-refractivity contribution in [3.63, 3.8) is 0 Å². The molecule has 1 aliphatic rings. The number of nitrogens with one attached hydrogen (secondary N) is 1. The molecule has 2 heterocycles. The SMILES string of the molecule is CCCCCCCCNC(N)=NCc1cccnc1N1CCN(C)CC1. The van der Waals surface area contributed by atoms with Crippen LogP contribution < -0.4 is 16.0 Å². The number of guanidine groups is 1. The Morgan fingerprint density at radius 1 is 1.15 bits per heavy atom. The van der Waals surface area contributed by atoms with Gasteiger partial charge in [-0.2, -0.15) is 0 Å². The Balaban J connectivity index is 1.76. The van der Waals surface area contributed by atoms with Crippen molar-refractivity contribution in [1.29, 1.82) is 0 Å². The number of piperazine rings is 1. The summed E-state index contributed by atoms with van der Waals surface area (Å²) >= 11 is 0. The Bertz CT molecular complexity index is 537. The average Bonchev–Trinajstić information content (AvgIpc) is 2.66. The summed E-state index contributed by atoms with van der Waals surface area (Å²) in [6, 6.07) is 4.08. The highest BCUT2D eigenvalue weighted by molar-refractivity contribution is 5.77. The molecule has 6 heteroatoms. The predicted octanol–water partition coefficient (Wildman–Crippen LogP) is 2.60. The largest absolute Gasteiger partial charge is 0.370 e. The van der Waals surface area contributed by atoms with Crippen molar-refractivity contribution >= 4 is 11.8 Å². The molecule has 1 fully saturated rings. The van der Waals surface area contributed by atoms with Crippen LogP contribution in [-0.4, -0.2) is 55.6 Å². The van der Waals surface area contributed by atoms with Gasteiger partial charge in [-0.25, -0.2) is 9.98 Å². The first kappa shape index (κ1) is 20.5. The summed E-state index contributed by atoms with van der Waals surface area (Å²) in [5, 5.41) is 3.24. The molecule has 0 radical (unpaired) electrons. The molecule has 0 saturated carbocycles. The average molecular weight is 361 g/mol. The number of rotatable bonds is 10. The van der Waals surface area contributed by atoms with E-state index in [1.807, 2.05) is 12.3 Å². The molecule has 2 rings (SSSR count). The van der Waals surface area contributed by atoms with Gasteiger partial charge in [0.1, 0.15) is 5.82 Å². The third-order valence-corrected chi connectivity index (χ3v) is 4.93. The van der Waals surface area contributed by atoms with Crippen molar-refractivity contribution < 1.29 is 0 Å². The van der Waals surface area contributed by atoms with E-state index in [-0.39, 0.29) is 0 Å². The second-order valence-electron chi connectivity index (χ2n) is 7.17. The number of aromatic nitrogens is 1. The zero-order valence-electron chi connectivity index (χ0n) is 16.6. The van der Waals surface area contributed by atoms with Crippen LogP contribution in [-0.2, 0) is 6.54 Å². The first-order valence-corrected chi connectivity index (χ1v) is 10.1. The fraction of sp³-hybridized carbons (Fsp3) is 0.700. The summed E-state index contributed by atoms with van der Waals surface area (Å²) < 4.78 is 0. The molecule has 146 valence electrons. The molecule has 1 saturated heterocycles. The Morgan fingerprint density at radius 3 is 2.65 bits per heavy atom. The van der Waals surface area contributed by atoms with Gasteiger partial charge in [-0.3, -0.25) is 0 Å². The highest BCUT2D eigenvalue weighted by Crippen LogP contribution is 2.19. The number of unbranched alkanes of at least 4 members (excludes halogenated alkanes) is 5. The maximum absolute atomic E-state index is 6.03. The summed E-state index contributed by atoms with van der Waals surface area (Å²) in [5.74, 6) is 1.58. The van der Waals surface area contributed by atoms with Gasteiger partial charge in [0.15, 0.2) is 5.96 Å². The zero-order chi connectivity index (χ0) is 18.6. The number of nitrogens with zero attached hydrogens (tertiary/aromatic N) is 4. The Kier molecular flexibility index (Phi) is 9.24. The molecular weight excluding hydrogens is 324 g/mol. The van der Waals surface area contributed by atoms with E-state index in [1.165, 1.54) is 32.1 Å². The lowest BCUT2D eigenvalue weighted by Gasteiger charge is -2.34. The van der Waals surface area contributed by atoms with Crippen LogP contribution in [0.15, 0.2) is 23.3 Å². The topological polar surface area (TPSA) is 69.8 Å². The highest BCUT2D eigenvalue weighted by Gasteiger charge is 2.17. The molecule has 0 spiro atoms. The Labute approximate surface area is 158 Å². The number of hydrogen-bond donors (Lipinski definition) is 2. The molecule has 1 aromatic rings. The van der Waals surface area contributed by atoms with Gasteiger partial charge in [-0.05, 0) is 19.5 Å². The number of anilines is 1. The summed E-state index contributed by atoms with van der Waals surface area (Å²) in [4.78, 5) is 13.8. The summed E-state index contributed by atoms with van der Waals surface area (Å²) in [6.45, 7) is 7.88. The fourth-order valence-electron chi connectivity index (χ4n) is 3.20. The van der Waals surface area contributed by atoms with E-state index in [0.29, 0.717) is 12.5 Å². The van der Waals surface area contributed by atoms with Crippen molar-refractivity contribution in [3.05, 3.63) is 23.9 Å². The van der Waals surface area contributed by atoms with E-state index in [4.69, 9.17) is 5.73 Å². The van der Waals surface area contributed by atoms with Crippen LogP contribution in [0.5, 0.6) is 0 Å². The molecule has 1 aliphatic heterocycles. The van der Waals surface area contributed by atoms with Gasteiger partial charge in [0.25, 0.3) is 0 Å². The second-order valence-corrected chi connectivity index (χ2v) is 7.17. The monoisotopic (exact) mass is 360 g/mol. The fourth-order valence-corrected chi connectivity index (χ4v) is 3.20. The minimum absolute atomic E-state index is 0.534. The molecule has 1 aromatic heterocycles. The first-order valence-electron chi connectivity index (χ1n) is 10.1. The molecular formula is C20H36N6. The number of nitrogens with two attached hydrogens (primary N) is 1. The summed E-state index contributed by atoms with van der Waals surface area (Å²) in [7, 11) is 2.16. The third-order valence-electron chi connectivity index (χ3n) is 4.93. The van der Waals surface area contributed by atoms with Gasteiger partial charge < -0.3 is 20.9 Å². The predicted molar refractivity (Wildman–Crippen MR) is 111 cm³/mol. The molecule has 26 heavy (non-hydrogen) atoms. The molecule has 0 bridgehead atoms. The first-order chi connectivity index (χ1) is 12.7. The van der Waals surface area contributed by atoms with Crippen molar-refractivity contribution in [1.82, 2.24) is 15.2 Å². The van der Waals surface area contributed by atoms with E-state index < -0.39 is 0 Å². The molecule has 0 unspecified atom stereocenters. The molecule has 6 nitrogen and oxygen atoms in total. The highest BCUT2D eigenvalue weighted by atomic mass is 15.3. The second kappa shape index (κ2) is 11.7. The van der Waals surface area contributed by atoms with Gasteiger partial charge >= 0.3 is 0 Å². The molecule has 0 aliphatic carbocycles. The van der Waals surface area contributed by atoms with Crippen LogP contribution in [0.25, 0.3) is 0 Å². The molecule has 0 atom stereocenters. The quantitative estimate of drug-likeness (QED) is 0.381. The van der Waals surface area contributed by atoms with Crippen LogP contribution in [0.4, 0.5) is 5.82 Å². The van der Waals surface area contributed by atoms with Crippen LogP contribution in [0.1, 0.15) is 51.0 Å². The molecule has 0 amide bonds. The van der Waals surface area contributed by atoms with Crippen molar-refractivity contribution in [2.24, 2.45) is 10.7 Å². The summed E-state index contributed by atoms with van der Waals surface area (Å²) in [5.41, 5.74) is 7.17. The molecule has 3 N–H and O–H groups in total. The van der Waals surface area contributed by atoms with Crippen molar-refractivity contribution in [3.8, 4) is 0 Å². The van der Waals surface area contributed by atoms with Crippen LogP contribution in [0, 0.1) is 0 Å². The zero-order valence-corrected chi connectivity index (χ0v) is 16.6. The van der Waals surface area contributed by atoms with Gasteiger partial charge in [0, 0.05) is 44.5 Å². The maximum Gasteiger partial charge on any atom is 0.188 e. The van der Waals surface area contributed by atoms with E-state index in [0.717, 1.165) is 50.5 Å². The minimum Gasteiger partial charge on any atom is -0.370 e. The van der Waals surface area contributed by atoms with Gasteiger partial charge in [0.2, 0.25) is 0 Å². The van der Waals surface area contributed by atoms with Crippen LogP contribution in [0.3, 0.4) is 0 Å². The van der Waals surface area contributed by atoms with Gasteiger partial charge in [-0.15, -0.1) is 0 Å². The number of likely N-dealkylation sites (N-methyl/N-ethyl adjacent to an activating group) is 1. The normalized spacial score (nSPS) is 16.1. The van der Waals surface area contributed by atoms with E-state index in [9.17, 15) is 0 Å². The van der Waals surface area contributed by atoms with E-state index in [2.05, 4.69) is 45.1 Å². The maximum atomic E-state index is 6.03. The third kappa shape index (κ3) is 7.20. The van der Waals surface area contributed by atoms with E-state index in [1.54, 1.807) is 0 Å². The minimum atomic E-state index is 0.534. The van der Waals surface area contributed by atoms with Gasteiger partial charge in [-0.1, -0.05) is 45.1 Å². The lowest BCUT2D eigenvalue weighted by molar-refractivity contribution is 0.312. The lowest BCUT2D eigenvalue weighted by atomic mass is 10.1. The van der Waals surface area contributed by atoms with Crippen molar-refractivity contribution in [2.45, 2.75) is 52.0 Å². The van der Waals surface area contributed by atoms with Gasteiger partial charge in [0.05, 0.1) is 6.54 Å². The number of aliphatic imine (C=N–C) groups is 1. The van der Waals surface area contributed by atoms with Crippen LogP contribution in [0.2, 0.25) is 0 Å². The number of pyridine rings is 1. The molecule has 0 aromatic carbocycles. The standard InChI is InChI=1S/C20H36N6/c1-3-4-5-6-7-8-11-23-20(21)24-17-18-10-9-12-22-19(18)26-15-13-25(2)14-16-26/h9-10,12H,3-8,11,13-17H2,1-2H3,(H3,21,23,24). The smallest absolute Gasteiger partial charge is 0.188 e. The number of hydrogen-bond acceptors (Lipinski definition) is 4.